The third-order valence-corrected chi connectivity index (χ3v) is 4.31. The normalized spacial score (nSPS) is 11.5. The Bertz CT molecular complexity index is 1280. The van der Waals surface area contributed by atoms with Crippen LogP contribution in [0.25, 0.3) is 27.8 Å². The molecule has 0 fully saturated rings. The van der Waals surface area contributed by atoms with Crippen LogP contribution in [0.1, 0.15) is 11.1 Å². The van der Waals surface area contributed by atoms with Gasteiger partial charge in [-0.15, -0.1) is 0 Å². The highest BCUT2D eigenvalue weighted by molar-refractivity contribution is 5.97. The van der Waals surface area contributed by atoms with Crippen LogP contribution >= 0.6 is 0 Å². The molecule has 1 N–H and O–H groups in total. The quantitative estimate of drug-likeness (QED) is 0.564. The van der Waals surface area contributed by atoms with Crippen LogP contribution in [0, 0.1) is 11.3 Å². The van der Waals surface area contributed by atoms with Gasteiger partial charge in [0.2, 0.25) is 5.56 Å². The predicted molar refractivity (Wildman–Crippen MR) is 96.8 cm³/mol. The van der Waals surface area contributed by atoms with Gasteiger partial charge >= 0.3 is 6.18 Å². The average molecular weight is 380 g/mol. The first kappa shape index (κ1) is 17.5. The van der Waals surface area contributed by atoms with E-state index < -0.39 is 11.7 Å². The predicted octanol–water partition coefficient (Wildman–Crippen LogP) is 4.27. The molecule has 0 aliphatic rings. The van der Waals surface area contributed by atoms with Crippen molar-refractivity contribution in [1.82, 2.24) is 14.8 Å². The first-order valence-electron chi connectivity index (χ1n) is 8.17. The maximum Gasteiger partial charge on any atom is 0.416 e. The van der Waals surface area contributed by atoms with Crippen molar-refractivity contribution in [2.45, 2.75) is 6.18 Å². The molecule has 8 heteroatoms. The fourth-order valence-electron chi connectivity index (χ4n) is 3.04. The molecule has 0 amide bonds. The molecule has 0 spiro atoms. The molecular formula is C20H11F3N4O. The summed E-state index contributed by atoms with van der Waals surface area (Å²) in [5, 5.41) is 14.6. The van der Waals surface area contributed by atoms with Gasteiger partial charge in [-0.3, -0.25) is 4.79 Å². The van der Waals surface area contributed by atoms with Crippen LogP contribution < -0.4 is 5.56 Å². The number of pyridine rings is 1. The molecule has 28 heavy (non-hydrogen) atoms. The molecule has 0 bridgehead atoms. The van der Waals surface area contributed by atoms with Crippen molar-refractivity contribution in [2.75, 3.05) is 0 Å². The largest absolute Gasteiger partial charge is 0.416 e. The van der Waals surface area contributed by atoms with E-state index in [1.165, 1.54) is 29.1 Å². The zero-order chi connectivity index (χ0) is 19.9. The molecule has 5 nitrogen and oxygen atoms in total. The lowest BCUT2D eigenvalue weighted by Gasteiger charge is -2.08. The number of rotatable bonds is 2. The second-order valence-electron chi connectivity index (χ2n) is 6.06. The SMILES string of the molecule is N#Cc1cccc2c(-c3cc[nH]c(=O)c3)nn(-c3ccc(C(F)(F)F)cc3)c12. The van der Waals surface area contributed by atoms with Gasteiger partial charge in [-0.2, -0.15) is 23.5 Å². The van der Waals surface area contributed by atoms with E-state index in [0.29, 0.717) is 33.4 Å². The fraction of sp³-hybridized carbons (Fsp3) is 0.0500. The van der Waals surface area contributed by atoms with Gasteiger partial charge in [0.1, 0.15) is 11.8 Å². The fourth-order valence-corrected chi connectivity index (χ4v) is 3.04. The number of nitriles is 1. The van der Waals surface area contributed by atoms with Crippen LogP contribution in [0.2, 0.25) is 0 Å². The lowest BCUT2D eigenvalue weighted by atomic mass is 10.1. The Morgan fingerprint density at radius 2 is 1.82 bits per heavy atom. The van der Waals surface area contributed by atoms with E-state index in [1.54, 1.807) is 24.3 Å². The average Bonchev–Trinajstić information content (AvgIpc) is 3.07. The molecule has 0 aliphatic heterocycles. The second kappa shape index (κ2) is 6.39. The molecule has 0 unspecified atom stereocenters. The lowest BCUT2D eigenvalue weighted by molar-refractivity contribution is -0.137. The van der Waals surface area contributed by atoms with E-state index in [1.807, 2.05) is 0 Å². The summed E-state index contributed by atoms with van der Waals surface area (Å²) in [5.41, 5.74) is 1.06. The number of benzene rings is 2. The molecular weight excluding hydrogens is 369 g/mol. The number of nitrogens with zero attached hydrogens (tertiary/aromatic N) is 3. The van der Waals surface area contributed by atoms with E-state index >= 15 is 0 Å². The maximum absolute atomic E-state index is 12.9. The first-order valence-corrected chi connectivity index (χ1v) is 8.17. The third-order valence-electron chi connectivity index (χ3n) is 4.31. The summed E-state index contributed by atoms with van der Waals surface area (Å²) in [5.74, 6) is 0. The van der Waals surface area contributed by atoms with E-state index in [4.69, 9.17) is 0 Å². The number of fused-ring (bicyclic) bond motifs is 1. The van der Waals surface area contributed by atoms with Crippen LogP contribution in [0.3, 0.4) is 0 Å². The number of para-hydroxylation sites is 1. The maximum atomic E-state index is 12.9. The smallest absolute Gasteiger partial charge is 0.329 e. The summed E-state index contributed by atoms with van der Waals surface area (Å²) in [7, 11) is 0. The van der Waals surface area contributed by atoms with Crippen molar-refractivity contribution < 1.29 is 13.2 Å². The van der Waals surface area contributed by atoms with Crippen molar-refractivity contribution in [3.63, 3.8) is 0 Å². The molecule has 4 aromatic rings. The van der Waals surface area contributed by atoms with Gasteiger partial charge in [-0.25, -0.2) is 4.68 Å². The molecule has 0 aliphatic carbocycles. The standard InChI is InChI=1S/C20H11F3N4O/c21-20(22,23)14-4-6-15(7-5-14)27-19-13(11-24)2-1-3-16(19)18(26-27)12-8-9-25-17(28)10-12/h1-10H,(H,25,28). The van der Waals surface area contributed by atoms with Crippen molar-refractivity contribution in [3.05, 3.63) is 82.3 Å². The highest BCUT2D eigenvalue weighted by Crippen LogP contribution is 2.33. The van der Waals surface area contributed by atoms with Gasteiger partial charge in [-0.1, -0.05) is 12.1 Å². The zero-order valence-corrected chi connectivity index (χ0v) is 14.2. The van der Waals surface area contributed by atoms with E-state index in [0.717, 1.165) is 12.1 Å². The van der Waals surface area contributed by atoms with Crippen LogP contribution in [-0.4, -0.2) is 14.8 Å². The summed E-state index contributed by atoms with van der Waals surface area (Å²) in [6.45, 7) is 0. The molecule has 2 heterocycles. The molecule has 0 saturated carbocycles. The van der Waals surface area contributed by atoms with Gasteiger partial charge in [0.25, 0.3) is 0 Å². The van der Waals surface area contributed by atoms with Crippen molar-refractivity contribution >= 4 is 10.9 Å². The molecule has 2 aromatic carbocycles. The Hall–Kier alpha value is -3.86. The van der Waals surface area contributed by atoms with Crippen LogP contribution in [-0.2, 0) is 6.18 Å². The minimum atomic E-state index is -4.45. The number of aromatic amines is 1. The van der Waals surface area contributed by atoms with E-state index in [-0.39, 0.29) is 5.56 Å². The summed E-state index contributed by atoms with van der Waals surface area (Å²) >= 11 is 0. The van der Waals surface area contributed by atoms with Gasteiger partial charge in [0, 0.05) is 23.2 Å². The third kappa shape index (κ3) is 2.93. The number of alkyl halides is 3. The highest BCUT2D eigenvalue weighted by Gasteiger charge is 2.30. The van der Waals surface area contributed by atoms with Crippen molar-refractivity contribution in [2.24, 2.45) is 0 Å². The number of H-pyrrole nitrogens is 1. The minimum Gasteiger partial charge on any atom is -0.329 e. The topological polar surface area (TPSA) is 74.5 Å². The lowest BCUT2D eigenvalue weighted by Crippen LogP contribution is -2.05. The zero-order valence-electron chi connectivity index (χ0n) is 14.2. The highest BCUT2D eigenvalue weighted by atomic mass is 19.4. The number of hydrogen-bond acceptors (Lipinski definition) is 3. The van der Waals surface area contributed by atoms with Crippen LogP contribution in [0.5, 0.6) is 0 Å². The number of hydrogen-bond donors (Lipinski definition) is 1. The van der Waals surface area contributed by atoms with Crippen molar-refractivity contribution in [3.8, 4) is 23.0 Å². The molecule has 2 aromatic heterocycles. The monoisotopic (exact) mass is 380 g/mol. The number of nitrogens with one attached hydrogen (secondary N) is 1. The van der Waals surface area contributed by atoms with Gasteiger partial charge in [0.05, 0.1) is 22.3 Å². The Labute approximate surface area is 156 Å². The molecule has 0 atom stereocenters. The van der Waals surface area contributed by atoms with Crippen LogP contribution in [0.4, 0.5) is 13.2 Å². The van der Waals surface area contributed by atoms with E-state index in [9.17, 15) is 23.2 Å². The van der Waals surface area contributed by atoms with Crippen molar-refractivity contribution in [1.29, 1.82) is 5.26 Å². The summed E-state index contributed by atoms with van der Waals surface area (Å²) < 4.78 is 40.0. The van der Waals surface area contributed by atoms with Gasteiger partial charge in [0.15, 0.2) is 0 Å². The van der Waals surface area contributed by atoms with E-state index in [2.05, 4.69) is 16.2 Å². The Morgan fingerprint density at radius 3 is 2.46 bits per heavy atom. The molecule has 0 saturated heterocycles. The minimum absolute atomic E-state index is 0.314. The Kier molecular flexibility index (Phi) is 4.00. The second-order valence-corrected chi connectivity index (χ2v) is 6.06. The first-order chi connectivity index (χ1) is 13.4. The summed E-state index contributed by atoms with van der Waals surface area (Å²) in [6.07, 6.45) is -2.96. The number of aromatic nitrogens is 3. The Morgan fingerprint density at radius 1 is 1.07 bits per heavy atom. The Balaban J connectivity index is 1.99. The van der Waals surface area contributed by atoms with Gasteiger partial charge < -0.3 is 4.98 Å². The summed E-state index contributed by atoms with van der Waals surface area (Å²) in [6, 6.07) is 14.7. The van der Waals surface area contributed by atoms with Gasteiger partial charge in [-0.05, 0) is 36.4 Å². The molecule has 4 rings (SSSR count). The molecule has 138 valence electrons. The van der Waals surface area contributed by atoms with Crippen LogP contribution in [0.15, 0.2) is 65.6 Å². The summed E-state index contributed by atoms with van der Waals surface area (Å²) in [4.78, 5) is 14.2. The number of halogens is 3. The molecule has 0 radical (unpaired) electrons.